The Bertz CT molecular complexity index is 550. The van der Waals surface area contributed by atoms with Crippen LogP contribution in [0.2, 0.25) is 0 Å². The summed E-state index contributed by atoms with van der Waals surface area (Å²) < 4.78 is 19.3. The second kappa shape index (κ2) is 5.31. The molecule has 0 aliphatic heterocycles. The second-order valence-corrected chi connectivity index (χ2v) is 5.40. The zero-order valence-corrected chi connectivity index (χ0v) is 11.9. The molecule has 1 aromatic rings. The first kappa shape index (κ1) is 14.6. The van der Waals surface area contributed by atoms with E-state index in [2.05, 4.69) is 0 Å². The lowest BCUT2D eigenvalue weighted by Gasteiger charge is -2.22. The first-order valence-corrected chi connectivity index (χ1v) is 6.65. The highest BCUT2D eigenvalue weighted by Gasteiger charge is 2.38. The maximum Gasteiger partial charge on any atom is 0.303 e. The van der Waals surface area contributed by atoms with Gasteiger partial charge in [-0.05, 0) is 38.2 Å². The number of ether oxygens (including phenoxy) is 1. The number of carboxylic acid groups (broad SMARTS) is 1. The normalized spacial score (nSPS) is 16.0. The fraction of sp³-hybridized carbons (Fsp3) is 0.533. The van der Waals surface area contributed by atoms with Gasteiger partial charge in [0.25, 0.3) is 0 Å². The summed E-state index contributed by atoms with van der Waals surface area (Å²) in [6.07, 6.45) is 1.72. The Kier molecular flexibility index (Phi) is 3.88. The molecule has 1 aromatic carbocycles. The number of carbonyl (C=O) groups is 1. The molecule has 0 saturated heterocycles. The van der Waals surface area contributed by atoms with Crippen molar-refractivity contribution in [2.75, 3.05) is 7.11 Å². The summed E-state index contributed by atoms with van der Waals surface area (Å²) in [5.74, 6) is -1.58. The van der Waals surface area contributed by atoms with Crippen molar-refractivity contribution in [2.45, 2.75) is 39.0 Å². The smallest absolute Gasteiger partial charge is 0.303 e. The van der Waals surface area contributed by atoms with Crippen molar-refractivity contribution in [2.24, 2.45) is 5.92 Å². The van der Waals surface area contributed by atoms with Crippen LogP contribution in [0.15, 0.2) is 0 Å². The zero-order valence-electron chi connectivity index (χ0n) is 11.9. The Morgan fingerprint density at radius 3 is 2.45 bits per heavy atom. The molecule has 2 N–H and O–H groups in total. The molecule has 1 atom stereocenters. The summed E-state index contributed by atoms with van der Waals surface area (Å²) in [6.45, 7) is 3.11. The van der Waals surface area contributed by atoms with Gasteiger partial charge < -0.3 is 14.9 Å². The van der Waals surface area contributed by atoms with Crippen LogP contribution in [0, 0.1) is 25.6 Å². The molecular formula is C15H19FO4. The number of rotatable bonds is 5. The zero-order chi connectivity index (χ0) is 15.0. The SMILES string of the molecule is COc1c(C)c(F)c(C)c(C(CC(=O)O)C2CC2)c1O. The lowest BCUT2D eigenvalue weighted by Crippen LogP contribution is -2.12. The van der Waals surface area contributed by atoms with E-state index in [1.807, 2.05) is 0 Å². The van der Waals surface area contributed by atoms with Gasteiger partial charge in [-0.15, -0.1) is 0 Å². The molecule has 1 saturated carbocycles. The standard InChI is InChI=1S/C15H19FO4/c1-7-12(10(6-11(17)18)9-4-5-9)14(19)15(20-3)8(2)13(7)16/h9-10,19H,4-6H2,1-3H3,(H,17,18). The third kappa shape index (κ3) is 2.44. The van der Waals surface area contributed by atoms with Crippen molar-refractivity contribution >= 4 is 5.97 Å². The van der Waals surface area contributed by atoms with E-state index in [9.17, 15) is 14.3 Å². The van der Waals surface area contributed by atoms with Gasteiger partial charge in [0.2, 0.25) is 0 Å². The Balaban J connectivity index is 2.59. The molecule has 2 rings (SSSR count). The van der Waals surface area contributed by atoms with E-state index in [4.69, 9.17) is 9.84 Å². The summed E-state index contributed by atoms with van der Waals surface area (Å²) in [7, 11) is 1.37. The third-order valence-electron chi connectivity index (χ3n) is 4.03. The summed E-state index contributed by atoms with van der Waals surface area (Å²) in [4.78, 5) is 11.0. The Morgan fingerprint density at radius 1 is 1.40 bits per heavy atom. The van der Waals surface area contributed by atoms with Crippen LogP contribution < -0.4 is 4.74 Å². The van der Waals surface area contributed by atoms with Crippen molar-refractivity contribution in [1.29, 1.82) is 0 Å². The third-order valence-corrected chi connectivity index (χ3v) is 4.03. The van der Waals surface area contributed by atoms with E-state index in [1.165, 1.54) is 14.0 Å². The van der Waals surface area contributed by atoms with Crippen molar-refractivity contribution in [3.63, 3.8) is 0 Å². The van der Waals surface area contributed by atoms with Gasteiger partial charge in [0.05, 0.1) is 13.5 Å². The summed E-state index contributed by atoms with van der Waals surface area (Å²) >= 11 is 0. The number of hydrogen-bond acceptors (Lipinski definition) is 3. The Labute approximate surface area is 117 Å². The maximum atomic E-state index is 14.3. The largest absolute Gasteiger partial charge is 0.504 e. The van der Waals surface area contributed by atoms with Crippen LogP contribution >= 0.6 is 0 Å². The molecule has 110 valence electrons. The molecule has 20 heavy (non-hydrogen) atoms. The van der Waals surface area contributed by atoms with Gasteiger partial charge in [-0.1, -0.05) is 0 Å². The minimum Gasteiger partial charge on any atom is -0.504 e. The minimum absolute atomic E-state index is 0.0964. The fourth-order valence-corrected chi connectivity index (χ4v) is 2.87. The van der Waals surface area contributed by atoms with Gasteiger partial charge >= 0.3 is 5.97 Å². The second-order valence-electron chi connectivity index (χ2n) is 5.40. The number of hydrogen-bond donors (Lipinski definition) is 2. The van der Waals surface area contributed by atoms with Crippen LogP contribution in [0.4, 0.5) is 4.39 Å². The number of phenols is 1. The van der Waals surface area contributed by atoms with Gasteiger partial charge in [0.15, 0.2) is 11.5 Å². The first-order valence-electron chi connectivity index (χ1n) is 6.65. The van der Waals surface area contributed by atoms with Gasteiger partial charge in [0, 0.05) is 17.0 Å². The van der Waals surface area contributed by atoms with E-state index >= 15 is 0 Å². The number of methoxy groups -OCH3 is 1. The quantitative estimate of drug-likeness (QED) is 0.870. The number of halogens is 1. The van der Waals surface area contributed by atoms with E-state index in [1.54, 1.807) is 6.92 Å². The highest BCUT2D eigenvalue weighted by Crippen LogP contribution is 2.51. The fourth-order valence-electron chi connectivity index (χ4n) is 2.87. The predicted octanol–water partition coefficient (Wildman–Crippen LogP) is 3.13. The van der Waals surface area contributed by atoms with Crippen LogP contribution in [-0.4, -0.2) is 23.3 Å². The van der Waals surface area contributed by atoms with Crippen molar-refractivity contribution in [3.8, 4) is 11.5 Å². The van der Waals surface area contributed by atoms with E-state index in [0.29, 0.717) is 11.1 Å². The monoisotopic (exact) mass is 282 g/mol. The number of aliphatic carboxylic acids is 1. The molecule has 0 bridgehead atoms. The van der Waals surface area contributed by atoms with Gasteiger partial charge in [0.1, 0.15) is 5.82 Å². The molecule has 1 aliphatic carbocycles. The Hall–Kier alpha value is -1.78. The highest BCUT2D eigenvalue weighted by molar-refractivity contribution is 5.69. The predicted molar refractivity (Wildman–Crippen MR) is 71.8 cm³/mol. The summed E-state index contributed by atoms with van der Waals surface area (Å²) in [5, 5.41) is 19.4. The molecule has 0 heterocycles. The first-order chi connectivity index (χ1) is 9.38. The van der Waals surface area contributed by atoms with Crippen molar-refractivity contribution < 1.29 is 24.1 Å². The molecule has 5 heteroatoms. The van der Waals surface area contributed by atoms with Crippen molar-refractivity contribution in [1.82, 2.24) is 0 Å². The molecule has 1 unspecified atom stereocenters. The lowest BCUT2D eigenvalue weighted by molar-refractivity contribution is -0.137. The number of phenolic OH excluding ortho intramolecular Hbond substituents is 1. The molecule has 1 aliphatic rings. The van der Waals surface area contributed by atoms with Gasteiger partial charge in [-0.2, -0.15) is 0 Å². The molecule has 0 amide bonds. The lowest BCUT2D eigenvalue weighted by atomic mass is 9.85. The van der Waals surface area contributed by atoms with E-state index < -0.39 is 11.8 Å². The summed E-state index contributed by atoms with van der Waals surface area (Å²) in [5.41, 5.74) is 0.949. The molecule has 0 spiro atoms. The molecular weight excluding hydrogens is 263 g/mol. The average molecular weight is 282 g/mol. The minimum atomic E-state index is -0.944. The number of carboxylic acids is 1. The van der Waals surface area contributed by atoms with Crippen LogP contribution in [0.25, 0.3) is 0 Å². The van der Waals surface area contributed by atoms with Gasteiger partial charge in [-0.3, -0.25) is 4.79 Å². The topological polar surface area (TPSA) is 66.8 Å². The van der Waals surface area contributed by atoms with Crippen LogP contribution in [0.3, 0.4) is 0 Å². The van der Waals surface area contributed by atoms with Crippen molar-refractivity contribution in [3.05, 3.63) is 22.5 Å². The number of aromatic hydroxyl groups is 1. The molecule has 1 fully saturated rings. The molecule has 0 aromatic heterocycles. The Morgan fingerprint density at radius 2 is 2.00 bits per heavy atom. The van der Waals surface area contributed by atoms with Gasteiger partial charge in [-0.25, -0.2) is 4.39 Å². The van der Waals surface area contributed by atoms with E-state index in [0.717, 1.165) is 12.8 Å². The summed E-state index contributed by atoms with van der Waals surface area (Å²) in [6, 6.07) is 0. The van der Waals surface area contributed by atoms with E-state index in [-0.39, 0.29) is 35.3 Å². The molecule has 4 nitrogen and oxygen atoms in total. The van der Waals surface area contributed by atoms with Crippen LogP contribution in [0.1, 0.15) is 41.9 Å². The molecule has 0 radical (unpaired) electrons. The van der Waals surface area contributed by atoms with Crippen LogP contribution in [-0.2, 0) is 4.79 Å². The maximum absolute atomic E-state index is 14.3. The average Bonchev–Trinajstić information content (AvgIpc) is 3.19. The van der Waals surface area contributed by atoms with Crippen LogP contribution in [0.5, 0.6) is 11.5 Å². The highest BCUT2D eigenvalue weighted by atomic mass is 19.1. The number of benzene rings is 1.